The van der Waals surface area contributed by atoms with Crippen molar-refractivity contribution < 1.29 is 19.1 Å². The maximum Gasteiger partial charge on any atom is 0.339 e. The number of methoxy groups -OCH3 is 1. The van der Waals surface area contributed by atoms with Crippen LogP contribution in [0.5, 0.6) is 0 Å². The fraction of sp³-hybridized carbons (Fsp3) is 0.238. The zero-order chi connectivity index (χ0) is 19.3. The summed E-state index contributed by atoms with van der Waals surface area (Å²) in [4.78, 5) is 24.9. The molecule has 0 bridgehead atoms. The summed E-state index contributed by atoms with van der Waals surface area (Å²) in [7, 11) is 1.58. The van der Waals surface area contributed by atoms with Crippen molar-refractivity contribution in [2.45, 2.75) is 4.90 Å². The summed E-state index contributed by atoms with van der Waals surface area (Å²) >= 11 is 1.31. The molecule has 0 saturated heterocycles. The molecular weight excluding hydrogens is 362 g/mol. The van der Waals surface area contributed by atoms with Gasteiger partial charge in [0, 0.05) is 18.6 Å². The van der Waals surface area contributed by atoms with Crippen molar-refractivity contribution in [3.8, 4) is 0 Å². The van der Waals surface area contributed by atoms with E-state index in [1.54, 1.807) is 25.3 Å². The second-order valence-electron chi connectivity index (χ2n) is 5.54. The molecule has 142 valence electrons. The number of hydrogen-bond donors (Lipinski definition) is 1. The van der Waals surface area contributed by atoms with Crippen LogP contribution in [0.3, 0.4) is 0 Å². The highest BCUT2D eigenvalue weighted by Gasteiger charge is 2.13. The smallest absolute Gasteiger partial charge is 0.339 e. The first-order chi connectivity index (χ1) is 13.2. The van der Waals surface area contributed by atoms with E-state index in [1.807, 2.05) is 48.5 Å². The first kappa shape index (κ1) is 20.7. The Morgan fingerprint density at radius 1 is 1.07 bits per heavy atom. The molecule has 0 aromatic heterocycles. The fourth-order valence-corrected chi connectivity index (χ4v) is 3.07. The monoisotopic (exact) mass is 385 g/mol. The van der Waals surface area contributed by atoms with Crippen LogP contribution in [0.4, 0.5) is 0 Å². The van der Waals surface area contributed by atoms with Gasteiger partial charge in [0.15, 0.2) is 0 Å². The Morgan fingerprint density at radius 3 is 2.59 bits per heavy atom. The lowest BCUT2D eigenvalue weighted by atomic mass is 10.2. The Labute approximate surface area is 163 Å². The third-order valence-corrected chi connectivity index (χ3v) is 4.59. The van der Waals surface area contributed by atoms with Crippen molar-refractivity contribution in [2.75, 3.05) is 32.6 Å². The first-order valence-corrected chi connectivity index (χ1v) is 9.55. The molecule has 6 heteroatoms. The quantitative estimate of drug-likeness (QED) is 0.386. The second kappa shape index (κ2) is 11.9. The van der Waals surface area contributed by atoms with Crippen molar-refractivity contribution in [1.29, 1.82) is 0 Å². The molecule has 1 N–H and O–H groups in total. The number of ether oxygens (including phenoxy) is 2. The summed E-state index contributed by atoms with van der Waals surface area (Å²) < 4.78 is 10.2. The van der Waals surface area contributed by atoms with Crippen molar-refractivity contribution in [3.63, 3.8) is 0 Å². The van der Waals surface area contributed by atoms with Gasteiger partial charge in [-0.2, -0.15) is 0 Å². The van der Waals surface area contributed by atoms with Crippen LogP contribution in [0, 0.1) is 0 Å². The molecule has 0 heterocycles. The molecule has 0 fully saturated rings. The summed E-state index contributed by atoms with van der Waals surface area (Å²) in [5.41, 5.74) is 1.50. The maximum atomic E-state index is 12.3. The van der Waals surface area contributed by atoms with Gasteiger partial charge >= 0.3 is 5.97 Å². The molecule has 1 amide bonds. The molecular formula is C21H23NO4S. The minimum Gasteiger partial charge on any atom is -0.458 e. The van der Waals surface area contributed by atoms with E-state index in [-0.39, 0.29) is 18.3 Å². The van der Waals surface area contributed by atoms with E-state index in [0.717, 1.165) is 10.5 Å². The molecule has 0 aliphatic heterocycles. The Balaban J connectivity index is 1.85. The molecule has 0 saturated carbocycles. The number of rotatable bonds is 10. The highest BCUT2D eigenvalue weighted by atomic mass is 32.2. The van der Waals surface area contributed by atoms with Crippen LogP contribution in [0.1, 0.15) is 15.9 Å². The van der Waals surface area contributed by atoms with Crippen molar-refractivity contribution in [1.82, 2.24) is 5.32 Å². The zero-order valence-electron chi connectivity index (χ0n) is 15.2. The lowest BCUT2D eigenvalue weighted by Crippen LogP contribution is -2.28. The van der Waals surface area contributed by atoms with Crippen LogP contribution in [-0.2, 0) is 14.3 Å². The number of amides is 1. The van der Waals surface area contributed by atoms with Gasteiger partial charge in [-0.25, -0.2) is 4.79 Å². The SMILES string of the molecule is COCCNC(=O)CSc1ccccc1C(=O)OC/C=C/c1ccccc1. The normalized spacial score (nSPS) is 10.7. The largest absolute Gasteiger partial charge is 0.458 e. The van der Waals surface area contributed by atoms with Crippen LogP contribution in [0.2, 0.25) is 0 Å². The molecule has 0 atom stereocenters. The van der Waals surface area contributed by atoms with Crippen LogP contribution in [-0.4, -0.2) is 44.5 Å². The van der Waals surface area contributed by atoms with Crippen molar-refractivity contribution in [3.05, 3.63) is 71.8 Å². The molecule has 0 unspecified atom stereocenters. The molecule has 0 spiro atoms. The predicted molar refractivity (Wildman–Crippen MR) is 108 cm³/mol. The van der Waals surface area contributed by atoms with Gasteiger partial charge in [0.05, 0.1) is 17.9 Å². The van der Waals surface area contributed by atoms with Gasteiger partial charge in [-0.05, 0) is 23.8 Å². The van der Waals surface area contributed by atoms with E-state index in [1.165, 1.54) is 11.8 Å². The number of hydrogen-bond acceptors (Lipinski definition) is 5. The van der Waals surface area contributed by atoms with E-state index in [2.05, 4.69) is 5.32 Å². The van der Waals surface area contributed by atoms with E-state index < -0.39 is 5.97 Å². The molecule has 0 radical (unpaired) electrons. The Morgan fingerprint density at radius 2 is 1.81 bits per heavy atom. The van der Waals surface area contributed by atoms with Crippen LogP contribution in [0.15, 0.2) is 65.6 Å². The average Bonchev–Trinajstić information content (AvgIpc) is 2.71. The third kappa shape index (κ3) is 7.68. The first-order valence-electron chi connectivity index (χ1n) is 8.57. The number of benzene rings is 2. The van der Waals surface area contributed by atoms with E-state index in [0.29, 0.717) is 18.7 Å². The van der Waals surface area contributed by atoms with E-state index >= 15 is 0 Å². The fourth-order valence-electron chi connectivity index (χ4n) is 2.20. The number of carbonyl (C=O) groups excluding carboxylic acids is 2. The Kier molecular flexibility index (Phi) is 9.17. The van der Waals surface area contributed by atoms with Gasteiger partial charge in [0.25, 0.3) is 0 Å². The Hall–Kier alpha value is -2.57. The summed E-state index contributed by atoms with van der Waals surface area (Å²) in [5, 5.41) is 2.75. The number of nitrogens with one attached hydrogen (secondary N) is 1. The van der Waals surface area contributed by atoms with Crippen LogP contribution in [0.25, 0.3) is 6.08 Å². The van der Waals surface area contributed by atoms with Gasteiger partial charge < -0.3 is 14.8 Å². The molecule has 0 aliphatic carbocycles. The van der Waals surface area contributed by atoms with Gasteiger partial charge in [-0.3, -0.25) is 4.79 Å². The van der Waals surface area contributed by atoms with Crippen LogP contribution < -0.4 is 5.32 Å². The van der Waals surface area contributed by atoms with Crippen molar-refractivity contribution in [2.24, 2.45) is 0 Å². The van der Waals surface area contributed by atoms with E-state index in [9.17, 15) is 9.59 Å². The van der Waals surface area contributed by atoms with Gasteiger partial charge in [0.1, 0.15) is 6.61 Å². The van der Waals surface area contributed by atoms with Crippen molar-refractivity contribution >= 4 is 29.7 Å². The standard InChI is InChI=1S/C21H23NO4S/c1-25-15-13-22-20(23)16-27-19-12-6-5-11-18(19)21(24)26-14-7-10-17-8-3-2-4-9-17/h2-12H,13-16H2,1H3,(H,22,23)/b10-7+. The van der Waals surface area contributed by atoms with E-state index in [4.69, 9.17) is 9.47 Å². The molecule has 2 aromatic rings. The highest BCUT2D eigenvalue weighted by molar-refractivity contribution is 8.00. The van der Waals surface area contributed by atoms with Gasteiger partial charge in [0.2, 0.25) is 5.91 Å². The van der Waals surface area contributed by atoms with Crippen LogP contribution >= 0.6 is 11.8 Å². The number of thioether (sulfide) groups is 1. The summed E-state index contributed by atoms with van der Waals surface area (Å²) in [5.74, 6) is -0.288. The molecule has 2 aromatic carbocycles. The van der Waals surface area contributed by atoms with Gasteiger partial charge in [-0.15, -0.1) is 11.8 Å². The summed E-state index contributed by atoms with van der Waals surface area (Å²) in [6.45, 7) is 1.12. The highest BCUT2D eigenvalue weighted by Crippen LogP contribution is 2.23. The predicted octanol–water partition coefficient (Wildman–Crippen LogP) is 3.41. The third-order valence-electron chi connectivity index (χ3n) is 3.51. The summed E-state index contributed by atoms with van der Waals surface area (Å²) in [6.07, 6.45) is 3.70. The minimum absolute atomic E-state index is 0.106. The molecule has 27 heavy (non-hydrogen) atoms. The molecule has 0 aliphatic rings. The number of carbonyl (C=O) groups is 2. The average molecular weight is 385 g/mol. The molecule has 5 nitrogen and oxygen atoms in total. The maximum absolute atomic E-state index is 12.3. The minimum atomic E-state index is -0.407. The lowest BCUT2D eigenvalue weighted by Gasteiger charge is -2.09. The molecule has 2 rings (SSSR count). The number of esters is 1. The Bertz CT molecular complexity index is 762. The second-order valence-corrected chi connectivity index (χ2v) is 6.56. The van der Waals surface area contributed by atoms with Gasteiger partial charge in [-0.1, -0.05) is 48.5 Å². The zero-order valence-corrected chi connectivity index (χ0v) is 16.0. The topological polar surface area (TPSA) is 64.6 Å². The summed E-state index contributed by atoms with van der Waals surface area (Å²) in [6, 6.07) is 16.9. The lowest BCUT2D eigenvalue weighted by molar-refractivity contribution is -0.118.